The second kappa shape index (κ2) is 10.5. The number of ether oxygens (including phenoxy) is 4. The molecule has 1 saturated carbocycles. The normalized spacial score (nSPS) is 27.6. The van der Waals surface area contributed by atoms with Crippen molar-refractivity contribution in [2.45, 2.75) is 82.5 Å². The van der Waals surface area contributed by atoms with Crippen molar-refractivity contribution in [1.29, 1.82) is 0 Å². The van der Waals surface area contributed by atoms with Gasteiger partial charge in [0.2, 0.25) is 0 Å². The largest absolute Gasteiger partial charge is 0.460 e. The molecule has 0 unspecified atom stereocenters. The number of esters is 2. The molecule has 1 heterocycles. The van der Waals surface area contributed by atoms with Crippen LogP contribution in [0.3, 0.4) is 0 Å². The molecule has 0 aromatic heterocycles. The van der Waals surface area contributed by atoms with Crippen LogP contribution in [0.15, 0.2) is 0 Å². The first-order chi connectivity index (χ1) is 14.8. The lowest BCUT2D eigenvalue weighted by Gasteiger charge is -2.32. The summed E-state index contributed by atoms with van der Waals surface area (Å²) in [5.74, 6) is -16.8. The van der Waals surface area contributed by atoms with Crippen LogP contribution < -0.4 is 0 Å². The van der Waals surface area contributed by atoms with Crippen LogP contribution in [0.25, 0.3) is 0 Å². The van der Waals surface area contributed by atoms with Gasteiger partial charge >= 0.3 is 36.4 Å². The summed E-state index contributed by atoms with van der Waals surface area (Å²) in [6, 6.07) is 0. The van der Waals surface area contributed by atoms with E-state index in [0.717, 1.165) is 19.3 Å². The monoisotopic (exact) mass is 482 g/mol. The number of hydrogen-bond donors (Lipinski definition) is 0. The van der Waals surface area contributed by atoms with Crippen LogP contribution in [0, 0.1) is 11.8 Å². The minimum Gasteiger partial charge on any atom is -0.458 e. The van der Waals surface area contributed by atoms with E-state index in [0.29, 0.717) is 13.2 Å². The fraction of sp³-hybridized carbons (Fsp3) is 0.895. The van der Waals surface area contributed by atoms with Crippen molar-refractivity contribution in [2.75, 3.05) is 13.2 Å². The fourth-order valence-corrected chi connectivity index (χ4v) is 3.39. The van der Waals surface area contributed by atoms with Gasteiger partial charge in [-0.3, -0.25) is 4.79 Å². The molecule has 186 valence electrons. The van der Waals surface area contributed by atoms with Crippen LogP contribution in [0.1, 0.15) is 51.9 Å². The summed E-state index contributed by atoms with van der Waals surface area (Å²) in [6.45, 7) is 1.59. The molecule has 32 heavy (non-hydrogen) atoms. The Labute approximate surface area is 179 Å². The van der Waals surface area contributed by atoms with Crippen LogP contribution in [-0.4, -0.2) is 55.8 Å². The maximum absolute atomic E-state index is 13.4. The first kappa shape index (κ1) is 26.6. The lowest BCUT2D eigenvalue weighted by Crippen LogP contribution is -2.57. The van der Waals surface area contributed by atoms with E-state index in [-0.39, 0.29) is 31.6 Å². The van der Waals surface area contributed by atoms with Gasteiger partial charge in [-0.15, -0.1) is 0 Å². The third-order valence-electron chi connectivity index (χ3n) is 5.40. The topological polar surface area (TPSA) is 71.1 Å². The Morgan fingerprint density at radius 1 is 0.906 bits per heavy atom. The predicted octanol–water partition coefficient (Wildman–Crippen LogP) is 4.60. The molecule has 0 aromatic carbocycles. The molecule has 1 saturated heterocycles. The van der Waals surface area contributed by atoms with Crippen molar-refractivity contribution in [3.8, 4) is 0 Å². The first-order valence-corrected chi connectivity index (χ1v) is 10.3. The van der Waals surface area contributed by atoms with E-state index in [1.807, 2.05) is 6.92 Å². The molecule has 0 N–H and O–H groups in total. The van der Waals surface area contributed by atoms with Crippen molar-refractivity contribution in [3.63, 3.8) is 0 Å². The molecule has 0 aromatic rings. The van der Waals surface area contributed by atoms with Gasteiger partial charge < -0.3 is 18.9 Å². The first-order valence-electron chi connectivity index (χ1n) is 10.3. The number of halogens is 7. The second-order valence-electron chi connectivity index (χ2n) is 7.93. The van der Waals surface area contributed by atoms with Crippen LogP contribution >= 0.6 is 0 Å². The maximum atomic E-state index is 13.4. The zero-order valence-electron chi connectivity index (χ0n) is 17.3. The molecule has 0 bridgehead atoms. The van der Waals surface area contributed by atoms with Gasteiger partial charge in [-0.05, 0) is 32.1 Å². The van der Waals surface area contributed by atoms with Crippen LogP contribution in [0.5, 0.6) is 0 Å². The van der Waals surface area contributed by atoms with E-state index in [9.17, 15) is 40.3 Å². The van der Waals surface area contributed by atoms with E-state index in [2.05, 4.69) is 4.74 Å². The minimum atomic E-state index is -6.63. The molecule has 1 aliphatic carbocycles. The van der Waals surface area contributed by atoms with Gasteiger partial charge in [0.25, 0.3) is 0 Å². The van der Waals surface area contributed by atoms with E-state index in [4.69, 9.17) is 14.2 Å². The van der Waals surface area contributed by atoms with Crippen molar-refractivity contribution in [3.05, 3.63) is 0 Å². The molecule has 6 nitrogen and oxygen atoms in total. The summed E-state index contributed by atoms with van der Waals surface area (Å²) in [4.78, 5) is 23.5. The fourth-order valence-electron chi connectivity index (χ4n) is 3.39. The van der Waals surface area contributed by atoms with Gasteiger partial charge in [0.1, 0.15) is 6.10 Å². The molecule has 1 aliphatic heterocycles. The summed E-state index contributed by atoms with van der Waals surface area (Å²) in [5.41, 5.74) is 0. The van der Waals surface area contributed by atoms with E-state index in [1.165, 1.54) is 0 Å². The van der Waals surface area contributed by atoms with Gasteiger partial charge in [0.15, 0.2) is 0 Å². The average Bonchev–Trinajstić information content (AvgIpc) is 2.72. The van der Waals surface area contributed by atoms with E-state index < -0.39 is 48.5 Å². The van der Waals surface area contributed by atoms with Gasteiger partial charge in [-0.1, -0.05) is 19.8 Å². The highest BCUT2D eigenvalue weighted by atomic mass is 19.4. The Morgan fingerprint density at radius 2 is 1.47 bits per heavy atom. The molecule has 0 amide bonds. The highest BCUT2D eigenvalue weighted by Crippen LogP contribution is 2.47. The third-order valence-corrected chi connectivity index (χ3v) is 5.40. The number of hydrogen-bond acceptors (Lipinski definition) is 6. The molecule has 0 spiro atoms. The van der Waals surface area contributed by atoms with Gasteiger partial charge in [-0.25, -0.2) is 4.79 Å². The zero-order chi connectivity index (χ0) is 24.2. The van der Waals surface area contributed by atoms with Gasteiger partial charge in [0.05, 0.1) is 19.1 Å². The van der Waals surface area contributed by atoms with Crippen LogP contribution in [0.4, 0.5) is 30.7 Å². The standard InChI is InChI=1S/C19H25F7O6/c1-2-3-4-11-9-29-16(30-10-11)32-14(27)12-5-7-13(8-6-12)31-15(28)17(20,21)18(22,23)19(24,25)26/h11-13,16H,2-10H2,1H3. The van der Waals surface area contributed by atoms with Crippen molar-refractivity contribution < 1.29 is 59.3 Å². The Kier molecular flexibility index (Phi) is 8.76. The summed E-state index contributed by atoms with van der Waals surface area (Å²) in [5, 5.41) is 0. The Morgan fingerprint density at radius 3 is 1.97 bits per heavy atom. The summed E-state index contributed by atoms with van der Waals surface area (Å²) in [7, 11) is 0. The molecule has 0 atom stereocenters. The maximum Gasteiger partial charge on any atom is 0.460 e. The third kappa shape index (κ3) is 6.24. The van der Waals surface area contributed by atoms with E-state index in [1.54, 1.807) is 0 Å². The SMILES string of the molecule is CCCCC1COC(OC(=O)C2CCC(OC(=O)C(F)(F)C(F)(F)C(F)(F)F)CC2)OC1. The minimum absolute atomic E-state index is 0.0101. The number of carbonyl (C=O) groups is 2. The highest BCUT2D eigenvalue weighted by Gasteiger charge is 2.77. The summed E-state index contributed by atoms with van der Waals surface area (Å²) < 4.78 is 109. The quantitative estimate of drug-likeness (QED) is 0.372. The Bertz CT molecular complexity index is 639. The summed E-state index contributed by atoms with van der Waals surface area (Å²) >= 11 is 0. The number of rotatable bonds is 8. The molecule has 0 radical (unpaired) electrons. The molecule has 2 fully saturated rings. The lowest BCUT2D eigenvalue weighted by molar-refractivity contribution is -0.349. The summed E-state index contributed by atoms with van der Waals surface area (Å²) in [6.07, 6.45) is -5.42. The Balaban J connectivity index is 1.77. The Hall–Kier alpha value is -1.63. The van der Waals surface area contributed by atoms with Gasteiger partial charge in [0, 0.05) is 5.92 Å². The molecule has 2 rings (SSSR count). The number of unbranched alkanes of at least 4 members (excludes halogenated alkanes) is 1. The van der Waals surface area contributed by atoms with E-state index >= 15 is 0 Å². The molecule has 2 aliphatic rings. The van der Waals surface area contributed by atoms with Crippen molar-refractivity contribution >= 4 is 11.9 Å². The number of carbonyl (C=O) groups excluding carboxylic acids is 2. The average molecular weight is 482 g/mol. The van der Waals surface area contributed by atoms with Gasteiger partial charge in [-0.2, -0.15) is 30.7 Å². The zero-order valence-corrected chi connectivity index (χ0v) is 17.3. The van der Waals surface area contributed by atoms with Crippen LogP contribution in [0.2, 0.25) is 0 Å². The number of alkyl halides is 7. The molecular formula is C19H25F7O6. The lowest BCUT2D eigenvalue weighted by atomic mass is 9.87. The second-order valence-corrected chi connectivity index (χ2v) is 7.93. The molecule has 13 heteroatoms. The van der Waals surface area contributed by atoms with Crippen molar-refractivity contribution in [1.82, 2.24) is 0 Å². The smallest absolute Gasteiger partial charge is 0.458 e. The van der Waals surface area contributed by atoms with Crippen LogP contribution in [-0.2, 0) is 28.5 Å². The predicted molar refractivity (Wildman–Crippen MR) is 92.6 cm³/mol. The highest BCUT2D eigenvalue weighted by molar-refractivity contribution is 5.79. The van der Waals surface area contributed by atoms with Crippen molar-refractivity contribution in [2.24, 2.45) is 11.8 Å². The molecular weight excluding hydrogens is 457 g/mol.